The van der Waals surface area contributed by atoms with Crippen molar-refractivity contribution in [3.63, 3.8) is 0 Å². The Labute approximate surface area is 119 Å². The molecule has 2 atom stereocenters. The van der Waals surface area contributed by atoms with Crippen LogP contribution in [0.2, 0.25) is 0 Å². The smallest absolute Gasteiger partial charge is 0.00173 e. The van der Waals surface area contributed by atoms with Gasteiger partial charge >= 0.3 is 0 Å². The van der Waals surface area contributed by atoms with Gasteiger partial charge in [-0.15, -0.1) is 0 Å². The first-order valence-electron chi connectivity index (χ1n) is 8.21. The molecule has 0 aromatic rings. The second-order valence-electron chi connectivity index (χ2n) is 5.58. The summed E-state index contributed by atoms with van der Waals surface area (Å²) < 4.78 is 0. The van der Waals surface area contributed by atoms with Crippen molar-refractivity contribution < 1.29 is 0 Å². The highest BCUT2D eigenvalue weighted by atomic mass is 14.9. The molecule has 114 valence electrons. The predicted molar refractivity (Wildman–Crippen MR) is 83.7 cm³/mol. The van der Waals surface area contributed by atoms with Gasteiger partial charge in [-0.05, 0) is 83.5 Å². The van der Waals surface area contributed by atoms with Gasteiger partial charge in [-0.1, -0.05) is 13.8 Å². The van der Waals surface area contributed by atoms with Gasteiger partial charge in [-0.3, -0.25) is 0 Å². The Hall–Kier alpha value is -0.160. The molecule has 1 aliphatic carbocycles. The van der Waals surface area contributed by atoms with Crippen molar-refractivity contribution in [1.82, 2.24) is 21.3 Å². The molecule has 0 aliphatic heterocycles. The molecule has 0 saturated heterocycles. The first-order chi connectivity index (χ1) is 9.38. The lowest BCUT2D eigenvalue weighted by atomic mass is 10.3. The van der Waals surface area contributed by atoms with Crippen LogP contribution in [0.4, 0.5) is 0 Å². The quantitative estimate of drug-likeness (QED) is 0.353. The summed E-state index contributed by atoms with van der Waals surface area (Å²) in [5.41, 5.74) is 0. The van der Waals surface area contributed by atoms with Crippen molar-refractivity contribution in [2.75, 3.05) is 52.4 Å². The average Bonchev–Trinajstić information content (AvgIpc) is 3.16. The Bertz CT molecular complexity index is 179. The summed E-state index contributed by atoms with van der Waals surface area (Å²) in [6.07, 6.45) is 3.90. The van der Waals surface area contributed by atoms with E-state index in [1.165, 1.54) is 32.4 Å². The van der Waals surface area contributed by atoms with Crippen molar-refractivity contribution in [1.29, 1.82) is 0 Å². The van der Waals surface area contributed by atoms with Crippen molar-refractivity contribution in [2.24, 2.45) is 11.8 Å². The van der Waals surface area contributed by atoms with E-state index in [1.807, 2.05) is 0 Å². The minimum absolute atomic E-state index is 0.931. The molecule has 4 nitrogen and oxygen atoms in total. The second-order valence-corrected chi connectivity index (χ2v) is 5.58. The van der Waals surface area contributed by atoms with E-state index in [0.29, 0.717) is 0 Å². The molecular formula is C15H34N4. The molecule has 1 aliphatic rings. The SMILES string of the molecule is CCNCCCNCC1CC1CNCCCNCC. The average molecular weight is 270 g/mol. The summed E-state index contributed by atoms with van der Waals surface area (Å²) in [4.78, 5) is 0. The maximum Gasteiger partial charge on any atom is -0.00173 e. The van der Waals surface area contributed by atoms with E-state index in [4.69, 9.17) is 0 Å². The third-order valence-electron chi connectivity index (χ3n) is 3.80. The maximum absolute atomic E-state index is 3.58. The van der Waals surface area contributed by atoms with E-state index in [9.17, 15) is 0 Å². The van der Waals surface area contributed by atoms with Crippen LogP contribution in [0.3, 0.4) is 0 Å². The highest BCUT2D eigenvalue weighted by Crippen LogP contribution is 2.36. The first-order valence-corrected chi connectivity index (χ1v) is 8.21. The number of rotatable bonds is 14. The van der Waals surface area contributed by atoms with Gasteiger partial charge in [-0.25, -0.2) is 0 Å². The minimum Gasteiger partial charge on any atom is -0.317 e. The van der Waals surface area contributed by atoms with Crippen LogP contribution in [0.1, 0.15) is 33.1 Å². The Morgan fingerprint density at radius 3 is 1.53 bits per heavy atom. The molecular weight excluding hydrogens is 236 g/mol. The molecule has 0 radical (unpaired) electrons. The minimum atomic E-state index is 0.931. The third-order valence-corrected chi connectivity index (χ3v) is 3.80. The zero-order valence-electron chi connectivity index (χ0n) is 12.9. The first kappa shape index (κ1) is 16.9. The summed E-state index contributed by atoms with van der Waals surface area (Å²) >= 11 is 0. The fraction of sp³-hybridized carbons (Fsp3) is 1.00. The zero-order chi connectivity index (χ0) is 13.8. The summed E-state index contributed by atoms with van der Waals surface area (Å²) in [5.74, 6) is 1.86. The lowest BCUT2D eigenvalue weighted by Crippen LogP contribution is -2.26. The third kappa shape index (κ3) is 9.38. The van der Waals surface area contributed by atoms with Gasteiger partial charge in [0.15, 0.2) is 0 Å². The molecule has 19 heavy (non-hydrogen) atoms. The summed E-state index contributed by atoms with van der Waals surface area (Å²) in [6.45, 7) is 13.5. The van der Waals surface area contributed by atoms with Crippen molar-refractivity contribution >= 4 is 0 Å². The Morgan fingerprint density at radius 2 is 1.11 bits per heavy atom. The Kier molecular flexibility index (Phi) is 10.4. The Balaban J connectivity index is 1.76. The van der Waals surface area contributed by atoms with Crippen LogP contribution in [0, 0.1) is 11.8 Å². The van der Waals surface area contributed by atoms with Crippen LogP contribution >= 0.6 is 0 Å². The van der Waals surface area contributed by atoms with E-state index in [1.54, 1.807) is 0 Å². The number of hydrogen-bond donors (Lipinski definition) is 4. The fourth-order valence-electron chi connectivity index (χ4n) is 2.42. The molecule has 4 N–H and O–H groups in total. The molecule has 1 fully saturated rings. The largest absolute Gasteiger partial charge is 0.317 e. The fourth-order valence-corrected chi connectivity index (χ4v) is 2.42. The van der Waals surface area contributed by atoms with Gasteiger partial charge in [-0.2, -0.15) is 0 Å². The summed E-state index contributed by atoms with van der Waals surface area (Å²) in [6, 6.07) is 0. The lowest BCUT2D eigenvalue weighted by Gasteiger charge is -2.06. The second kappa shape index (κ2) is 11.6. The molecule has 0 amide bonds. The van der Waals surface area contributed by atoms with Crippen LogP contribution in [0.15, 0.2) is 0 Å². The lowest BCUT2D eigenvalue weighted by molar-refractivity contribution is 0.537. The molecule has 4 heteroatoms. The van der Waals surface area contributed by atoms with Gasteiger partial charge in [0.2, 0.25) is 0 Å². The van der Waals surface area contributed by atoms with Crippen LogP contribution in [0.5, 0.6) is 0 Å². The van der Waals surface area contributed by atoms with Gasteiger partial charge in [0.05, 0.1) is 0 Å². The molecule has 0 bridgehead atoms. The van der Waals surface area contributed by atoms with Crippen LogP contribution in [-0.4, -0.2) is 52.4 Å². The predicted octanol–water partition coefficient (Wildman–Crippen LogP) is 0.801. The van der Waals surface area contributed by atoms with Crippen molar-refractivity contribution in [2.45, 2.75) is 33.1 Å². The molecule has 2 unspecified atom stereocenters. The molecule has 1 saturated carbocycles. The standard InChI is InChI=1S/C15H34N4/c1-3-16-7-5-9-18-12-14-11-15(14)13-19-10-6-8-17-4-2/h14-19H,3-13H2,1-2H3. The van der Waals surface area contributed by atoms with Crippen molar-refractivity contribution in [3.05, 3.63) is 0 Å². The van der Waals surface area contributed by atoms with Gasteiger partial charge in [0.25, 0.3) is 0 Å². The highest BCUT2D eigenvalue weighted by Gasteiger charge is 2.35. The van der Waals surface area contributed by atoms with E-state index in [-0.39, 0.29) is 0 Å². The summed E-state index contributed by atoms with van der Waals surface area (Å²) in [7, 11) is 0. The van der Waals surface area contributed by atoms with Gasteiger partial charge in [0, 0.05) is 0 Å². The van der Waals surface area contributed by atoms with E-state index < -0.39 is 0 Å². The maximum atomic E-state index is 3.58. The van der Waals surface area contributed by atoms with E-state index in [2.05, 4.69) is 35.1 Å². The molecule has 1 rings (SSSR count). The van der Waals surface area contributed by atoms with Crippen LogP contribution in [-0.2, 0) is 0 Å². The normalized spacial score (nSPS) is 21.8. The van der Waals surface area contributed by atoms with Crippen LogP contribution in [0.25, 0.3) is 0 Å². The highest BCUT2D eigenvalue weighted by molar-refractivity contribution is 4.89. The molecule has 0 aromatic heterocycles. The zero-order valence-corrected chi connectivity index (χ0v) is 12.9. The van der Waals surface area contributed by atoms with E-state index >= 15 is 0 Å². The molecule has 0 aromatic carbocycles. The van der Waals surface area contributed by atoms with Gasteiger partial charge < -0.3 is 21.3 Å². The monoisotopic (exact) mass is 270 g/mol. The molecule has 0 heterocycles. The summed E-state index contributed by atoms with van der Waals surface area (Å²) in [5, 5.41) is 13.9. The van der Waals surface area contributed by atoms with Crippen molar-refractivity contribution in [3.8, 4) is 0 Å². The van der Waals surface area contributed by atoms with Crippen LogP contribution < -0.4 is 21.3 Å². The number of nitrogens with one attached hydrogen (secondary N) is 4. The molecule has 0 spiro atoms. The van der Waals surface area contributed by atoms with Gasteiger partial charge in [0.1, 0.15) is 0 Å². The Morgan fingerprint density at radius 1 is 0.684 bits per heavy atom. The van der Waals surface area contributed by atoms with E-state index in [0.717, 1.165) is 51.1 Å². The number of hydrogen-bond acceptors (Lipinski definition) is 4. The topological polar surface area (TPSA) is 48.1 Å².